The van der Waals surface area contributed by atoms with E-state index in [1.807, 2.05) is 0 Å². The van der Waals surface area contributed by atoms with Gasteiger partial charge in [-0.3, -0.25) is 9.59 Å². The third-order valence-corrected chi connectivity index (χ3v) is 4.89. The number of imide groups is 1. The summed E-state index contributed by atoms with van der Waals surface area (Å²) in [4.78, 5) is 26.3. The van der Waals surface area contributed by atoms with Crippen molar-refractivity contribution in [3.05, 3.63) is 28.2 Å². The van der Waals surface area contributed by atoms with Gasteiger partial charge in [0.2, 0.25) is 11.8 Å². The number of amides is 2. The van der Waals surface area contributed by atoms with Crippen molar-refractivity contribution in [1.82, 2.24) is 0 Å². The van der Waals surface area contributed by atoms with Crippen molar-refractivity contribution in [2.45, 2.75) is 26.2 Å². The SMILES string of the molecule is C[C@H]1CC[C@H]2C(=O)N(c3cc(Cl)ccc3Cl)C(=O)[C@@H]2C1. The third kappa shape index (κ3) is 2.13. The predicted molar refractivity (Wildman–Crippen MR) is 79.0 cm³/mol. The highest BCUT2D eigenvalue weighted by atomic mass is 35.5. The lowest BCUT2D eigenvalue weighted by atomic mass is 9.76. The minimum absolute atomic E-state index is 0.129. The number of fused-ring (bicyclic) bond motifs is 1. The van der Waals surface area contributed by atoms with Gasteiger partial charge in [-0.2, -0.15) is 0 Å². The van der Waals surface area contributed by atoms with Crippen molar-refractivity contribution in [2.75, 3.05) is 4.90 Å². The van der Waals surface area contributed by atoms with Gasteiger partial charge in [0.05, 0.1) is 22.5 Å². The van der Waals surface area contributed by atoms with E-state index in [-0.39, 0.29) is 23.7 Å². The van der Waals surface area contributed by atoms with Gasteiger partial charge in [0.15, 0.2) is 0 Å². The second kappa shape index (κ2) is 5.05. The first-order chi connectivity index (χ1) is 9.49. The van der Waals surface area contributed by atoms with Crippen LogP contribution in [0, 0.1) is 17.8 Å². The monoisotopic (exact) mass is 311 g/mol. The Morgan fingerprint density at radius 1 is 1.10 bits per heavy atom. The molecule has 1 aromatic rings. The highest BCUT2D eigenvalue weighted by Gasteiger charge is 2.50. The second-order valence-electron chi connectivity index (χ2n) is 5.74. The van der Waals surface area contributed by atoms with E-state index < -0.39 is 0 Å². The fourth-order valence-electron chi connectivity index (χ4n) is 3.28. The van der Waals surface area contributed by atoms with Gasteiger partial charge in [-0.15, -0.1) is 0 Å². The fourth-order valence-corrected chi connectivity index (χ4v) is 3.65. The van der Waals surface area contributed by atoms with Crippen molar-refractivity contribution in [2.24, 2.45) is 17.8 Å². The van der Waals surface area contributed by atoms with Crippen LogP contribution in [0.25, 0.3) is 0 Å². The van der Waals surface area contributed by atoms with Crippen molar-refractivity contribution < 1.29 is 9.59 Å². The van der Waals surface area contributed by atoms with Crippen molar-refractivity contribution in [1.29, 1.82) is 0 Å². The van der Waals surface area contributed by atoms with Crippen molar-refractivity contribution in [3.63, 3.8) is 0 Å². The van der Waals surface area contributed by atoms with Crippen LogP contribution < -0.4 is 4.90 Å². The molecule has 1 aliphatic heterocycles. The molecule has 3 rings (SSSR count). The van der Waals surface area contributed by atoms with E-state index in [9.17, 15) is 9.59 Å². The number of carbonyl (C=O) groups is 2. The Hall–Kier alpha value is -1.06. The van der Waals surface area contributed by atoms with E-state index in [4.69, 9.17) is 23.2 Å². The maximum atomic E-state index is 12.6. The molecule has 1 heterocycles. The largest absolute Gasteiger partial charge is 0.274 e. The van der Waals surface area contributed by atoms with Crippen LogP contribution in [0.15, 0.2) is 18.2 Å². The molecule has 0 aromatic heterocycles. The highest BCUT2D eigenvalue weighted by molar-refractivity contribution is 6.37. The number of benzene rings is 1. The summed E-state index contributed by atoms with van der Waals surface area (Å²) >= 11 is 12.1. The summed E-state index contributed by atoms with van der Waals surface area (Å²) in [7, 11) is 0. The Bertz CT molecular complexity index is 587. The number of halogens is 2. The Kier molecular flexibility index (Phi) is 3.51. The summed E-state index contributed by atoms with van der Waals surface area (Å²) in [6, 6.07) is 4.85. The molecule has 0 unspecified atom stereocenters. The molecule has 3 nitrogen and oxygen atoms in total. The molecule has 2 aliphatic rings. The zero-order valence-electron chi connectivity index (χ0n) is 11.1. The third-order valence-electron chi connectivity index (χ3n) is 4.34. The molecule has 1 saturated heterocycles. The first kappa shape index (κ1) is 13.9. The summed E-state index contributed by atoms with van der Waals surface area (Å²) in [5.41, 5.74) is 0.413. The lowest BCUT2D eigenvalue weighted by Crippen LogP contribution is -2.31. The zero-order valence-corrected chi connectivity index (χ0v) is 12.6. The maximum absolute atomic E-state index is 12.6. The van der Waals surface area contributed by atoms with Gasteiger partial charge in [-0.25, -0.2) is 4.90 Å². The number of hydrogen-bond donors (Lipinski definition) is 0. The van der Waals surface area contributed by atoms with Crippen LogP contribution in [0.2, 0.25) is 10.0 Å². The molecule has 1 aliphatic carbocycles. The predicted octanol–water partition coefficient (Wildman–Crippen LogP) is 3.92. The summed E-state index contributed by atoms with van der Waals surface area (Å²) in [5, 5.41) is 0.844. The number of anilines is 1. The van der Waals surface area contributed by atoms with Gasteiger partial charge in [0.25, 0.3) is 0 Å². The Labute approximate surface area is 127 Å². The van der Waals surface area contributed by atoms with E-state index in [0.29, 0.717) is 21.7 Å². The number of rotatable bonds is 1. The number of hydrogen-bond acceptors (Lipinski definition) is 2. The molecule has 1 aromatic carbocycles. The lowest BCUT2D eigenvalue weighted by molar-refractivity contribution is -0.122. The first-order valence-corrected chi connectivity index (χ1v) is 7.57. The second-order valence-corrected chi connectivity index (χ2v) is 6.58. The molecule has 2 amide bonds. The van der Waals surface area contributed by atoms with Gasteiger partial charge >= 0.3 is 0 Å². The Balaban J connectivity index is 2.00. The minimum atomic E-state index is -0.193. The summed E-state index contributed by atoms with van der Waals surface area (Å²) in [6.07, 6.45) is 2.56. The average Bonchev–Trinajstić information content (AvgIpc) is 2.65. The molecule has 0 spiro atoms. The normalized spacial score (nSPS) is 29.8. The molecule has 2 fully saturated rings. The number of nitrogens with zero attached hydrogens (tertiary/aromatic N) is 1. The maximum Gasteiger partial charge on any atom is 0.237 e. The molecule has 0 bridgehead atoms. The summed E-state index contributed by atoms with van der Waals surface area (Å²) in [6.45, 7) is 2.13. The molecule has 0 radical (unpaired) electrons. The van der Waals surface area contributed by atoms with Crippen molar-refractivity contribution >= 4 is 40.7 Å². The molecular weight excluding hydrogens is 297 g/mol. The van der Waals surface area contributed by atoms with Crippen LogP contribution in [-0.2, 0) is 9.59 Å². The van der Waals surface area contributed by atoms with Gasteiger partial charge < -0.3 is 0 Å². The molecule has 20 heavy (non-hydrogen) atoms. The van der Waals surface area contributed by atoms with Gasteiger partial charge in [-0.1, -0.05) is 30.1 Å². The zero-order chi connectivity index (χ0) is 14.4. The topological polar surface area (TPSA) is 37.4 Å². The first-order valence-electron chi connectivity index (χ1n) is 6.82. The highest BCUT2D eigenvalue weighted by Crippen LogP contribution is 2.43. The van der Waals surface area contributed by atoms with Crippen LogP contribution in [0.3, 0.4) is 0 Å². The van der Waals surface area contributed by atoms with E-state index in [2.05, 4.69) is 6.92 Å². The lowest BCUT2D eigenvalue weighted by Gasteiger charge is -2.25. The molecule has 5 heteroatoms. The Morgan fingerprint density at radius 3 is 2.55 bits per heavy atom. The van der Waals surface area contributed by atoms with Crippen LogP contribution in [0.1, 0.15) is 26.2 Å². The van der Waals surface area contributed by atoms with Crippen LogP contribution in [0.4, 0.5) is 5.69 Å². The molecule has 3 atom stereocenters. The summed E-state index contributed by atoms with van der Waals surface area (Å²) in [5.74, 6) is -0.149. The molecule has 1 saturated carbocycles. The van der Waals surface area contributed by atoms with Gasteiger partial charge in [-0.05, 0) is 43.4 Å². The molecule has 0 N–H and O–H groups in total. The van der Waals surface area contributed by atoms with E-state index in [1.54, 1.807) is 18.2 Å². The fraction of sp³-hybridized carbons (Fsp3) is 0.467. The smallest absolute Gasteiger partial charge is 0.237 e. The van der Waals surface area contributed by atoms with Crippen LogP contribution in [0.5, 0.6) is 0 Å². The van der Waals surface area contributed by atoms with Crippen molar-refractivity contribution in [3.8, 4) is 0 Å². The summed E-state index contributed by atoms with van der Waals surface area (Å²) < 4.78 is 0. The number of carbonyl (C=O) groups excluding carboxylic acids is 2. The molecule has 106 valence electrons. The van der Waals surface area contributed by atoms with Gasteiger partial charge in [0.1, 0.15) is 0 Å². The standard InChI is InChI=1S/C15H15Cl2NO2/c1-8-2-4-10-11(6-8)15(20)18(14(10)19)13-7-9(16)3-5-12(13)17/h3,5,7-8,10-11H,2,4,6H2,1H3/t8-,10+,11+/m0/s1. The van der Waals surface area contributed by atoms with E-state index in [1.165, 1.54) is 4.90 Å². The minimum Gasteiger partial charge on any atom is -0.274 e. The van der Waals surface area contributed by atoms with Crippen LogP contribution >= 0.6 is 23.2 Å². The quantitative estimate of drug-likeness (QED) is 0.737. The van der Waals surface area contributed by atoms with E-state index in [0.717, 1.165) is 19.3 Å². The van der Waals surface area contributed by atoms with Crippen LogP contribution in [-0.4, -0.2) is 11.8 Å². The Morgan fingerprint density at radius 2 is 1.80 bits per heavy atom. The van der Waals surface area contributed by atoms with Gasteiger partial charge in [0, 0.05) is 5.02 Å². The molecular formula is C15H15Cl2NO2. The van der Waals surface area contributed by atoms with E-state index >= 15 is 0 Å². The average molecular weight is 312 g/mol.